The van der Waals surface area contributed by atoms with E-state index in [0.717, 1.165) is 35.6 Å². The Morgan fingerprint density at radius 3 is 2.80 bits per heavy atom. The highest BCUT2D eigenvalue weighted by Crippen LogP contribution is 2.49. The maximum Gasteiger partial charge on any atom is 0.298 e. The lowest BCUT2D eigenvalue weighted by Crippen LogP contribution is -2.64. The number of rotatable bonds is 3. The van der Waals surface area contributed by atoms with Gasteiger partial charge in [-0.3, -0.25) is 4.79 Å². The van der Waals surface area contributed by atoms with Crippen molar-refractivity contribution in [2.75, 3.05) is 41.9 Å². The van der Waals surface area contributed by atoms with Gasteiger partial charge < -0.3 is 24.3 Å². The molecule has 3 aliphatic rings. The average Bonchev–Trinajstić information content (AvgIpc) is 3.08. The molecule has 30 heavy (non-hydrogen) atoms. The molecule has 2 aromatic carbocycles. The predicted molar refractivity (Wildman–Crippen MR) is 116 cm³/mol. The van der Waals surface area contributed by atoms with Gasteiger partial charge in [0.25, 0.3) is 11.9 Å². The molecule has 1 saturated carbocycles. The van der Waals surface area contributed by atoms with Crippen molar-refractivity contribution in [1.82, 2.24) is 4.98 Å². The van der Waals surface area contributed by atoms with Crippen LogP contribution in [0.4, 0.5) is 17.4 Å². The van der Waals surface area contributed by atoms with Crippen LogP contribution >= 0.6 is 0 Å². The fourth-order valence-corrected chi connectivity index (χ4v) is 4.75. The number of nitrogens with zero attached hydrogens (tertiary/aromatic N) is 3. The van der Waals surface area contributed by atoms with Gasteiger partial charge in [0, 0.05) is 30.4 Å². The number of anilines is 3. The number of aromatic nitrogens is 1. The van der Waals surface area contributed by atoms with Crippen LogP contribution in [0.25, 0.3) is 11.1 Å². The van der Waals surface area contributed by atoms with E-state index in [0.29, 0.717) is 29.4 Å². The first-order chi connectivity index (χ1) is 14.6. The Balaban J connectivity index is 1.23. The van der Waals surface area contributed by atoms with E-state index in [1.54, 1.807) is 6.07 Å². The number of oxazole rings is 1. The van der Waals surface area contributed by atoms with Crippen molar-refractivity contribution >= 4 is 34.4 Å². The number of hydrogen-bond acceptors (Lipinski definition) is 6. The minimum Gasteiger partial charge on any atom is -0.490 e. The molecule has 3 aromatic rings. The van der Waals surface area contributed by atoms with Gasteiger partial charge in [0.05, 0.1) is 12.2 Å². The van der Waals surface area contributed by atoms with E-state index < -0.39 is 0 Å². The van der Waals surface area contributed by atoms with Crippen LogP contribution in [0.3, 0.4) is 0 Å². The van der Waals surface area contributed by atoms with Crippen LogP contribution in [0, 0.1) is 0 Å². The smallest absolute Gasteiger partial charge is 0.298 e. The Kier molecular flexibility index (Phi) is 3.75. The van der Waals surface area contributed by atoms with Crippen molar-refractivity contribution in [3.63, 3.8) is 0 Å². The summed E-state index contributed by atoms with van der Waals surface area (Å²) in [6.45, 7) is 2.47. The summed E-state index contributed by atoms with van der Waals surface area (Å²) < 4.78 is 11.7. The van der Waals surface area contributed by atoms with Crippen molar-refractivity contribution in [2.45, 2.75) is 31.2 Å². The highest BCUT2D eigenvalue weighted by Gasteiger charge is 2.50. The molecule has 1 aliphatic carbocycles. The Labute approximate surface area is 174 Å². The molecular formula is C23H24N4O3. The summed E-state index contributed by atoms with van der Waals surface area (Å²) in [7, 11) is 2.00. The van der Waals surface area contributed by atoms with Crippen molar-refractivity contribution in [1.29, 1.82) is 0 Å². The number of likely N-dealkylation sites (N-methyl/N-ethyl adjacent to an activating group) is 1. The topological polar surface area (TPSA) is 70.8 Å². The number of benzene rings is 2. The van der Waals surface area contributed by atoms with Crippen molar-refractivity contribution in [3.05, 3.63) is 42.0 Å². The average molecular weight is 404 g/mol. The van der Waals surface area contributed by atoms with E-state index in [1.807, 2.05) is 37.4 Å². The molecule has 7 heteroatoms. The van der Waals surface area contributed by atoms with Gasteiger partial charge in [-0.05, 0) is 62.1 Å². The van der Waals surface area contributed by atoms with Crippen molar-refractivity contribution in [2.24, 2.45) is 0 Å². The minimum atomic E-state index is -0.156. The van der Waals surface area contributed by atoms with Crippen LogP contribution < -0.4 is 19.9 Å². The second-order valence-electron chi connectivity index (χ2n) is 8.57. The molecule has 154 valence electrons. The van der Waals surface area contributed by atoms with Crippen molar-refractivity contribution < 1.29 is 13.9 Å². The Morgan fingerprint density at radius 1 is 1.13 bits per heavy atom. The fourth-order valence-electron chi connectivity index (χ4n) is 4.75. The molecule has 0 unspecified atom stereocenters. The zero-order valence-electron chi connectivity index (χ0n) is 17.0. The van der Waals surface area contributed by atoms with E-state index in [4.69, 9.17) is 14.1 Å². The van der Waals surface area contributed by atoms with Crippen LogP contribution in [0.1, 0.15) is 36.0 Å². The number of carbonyl (C=O) groups is 1. The van der Waals surface area contributed by atoms with Crippen LogP contribution in [-0.2, 0) is 0 Å². The van der Waals surface area contributed by atoms with E-state index in [2.05, 4.69) is 15.1 Å². The van der Waals surface area contributed by atoms with Gasteiger partial charge in [0.15, 0.2) is 5.58 Å². The number of carbonyl (C=O) groups excluding carboxylic acids is 1. The summed E-state index contributed by atoms with van der Waals surface area (Å²) in [4.78, 5) is 21.9. The van der Waals surface area contributed by atoms with Gasteiger partial charge in [0.1, 0.15) is 17.9 Å². The number of fused-ring (bicyclic) bond motifs is 2. The molecule has 0 radical (unpaired) electrons. The van der Waals surface area contributed by atoms with E-state index in [1.165, 1.54) is 25.7 Å². The quantitative estimate of drug-likeness (QED) is 0.710. The summed E-state index contributed by atoms with van der Waals surface area (Å²) in [6.07, 6.45) is 4.98. The molecule has 1 N–H and O–H groups in total. The highest BCUT2D eigenvalue weighted by molar-refractivity contribution is 6.05. The number of nitrogens with one attached hydrogen (secondary N) is 1. The Bertz CT molecular complexity index is 1150. The summed E-state index contributed by atoms with van der Waals surface area (Å²) in [6, 6.07) is 11.8. The first kappa shape index (κ1) is 17.6. The standard InChI is InChI=1S/C23H24N4O3/c1-26-11-12-29-20-5-3-15(13-18(20)26)21(28)24-16-4-6-19-17(14-16)25-22(30-19)27-10-9-23(27)7-2-8-23/h3-6,13-14H,2,7-12H2,1H3,(H,24,28). The molecule has 6 rings (SSSR count). The molecule has 2 aliphatic heterocycles. The van der Waals surface area contributed by atoms with Crippen LogP contribution in [-0.4, -0.2) is 43.2 Å². The van der Waals surface area contributed by atoms with Crippen LogP contribution in [0.5, 0.6) is 5.75 Å². The first-order valence-electron chi connectivity index (χ1n) is 10.6. The van der Waals surface area contributed by atoms with E-state index in [-0.39, 0.29) is 5.91 Å². The zero-order valence-corrected chi connectivity index (χ0v) is 17.0. The van der Waals surface area contributed by atoms with Gasteiger partial charge in [0.2, 0.25) is 0 Å². The largest absolute Gasteiger partial charge is 0.490 e. The SMILES string of the molecule is CN1CCOc2ccc(C(=O)Nc3ccc4oc(N5CCC56CCC6)nc4c3)cc21. The zero-order chi connectivity index (χ0) is 20.3. The lowest BCUT2D eigenvalue weighted by atomic mass is 9.68. The van der Waals surface area contributed by atoms with Gasteiger partial charge in [-0.15, -0.1) is 0 Å². The van der Waals surface area contributed by atoms with Gasteiger partial charge in [-0.2, -0.15) is 4.98 Å². The number of hydrogen-bond donors (Lipinski definition) is 1. The summed E-state index contributed by atoms with van der Waals surface area (Å²) in [5.41, 5.74) is 4.04. The maximum absolute atomic E-state index is 12.8. The molecule has 0 atom stereocenters. The first-order valence-corrected chi connectivity index (χ1v) is 10.6. The molecule has 3 heterocycles. The Morgan fingerprint density at radius 2 is 2.03 bits per heavy atom. The normalized spacial score (nSPS) is 19.1. The predicted octanol–water partition coefficient (Wildman–Crippen LogP) is 4.04. The fraction of sp³-hybridized carbons (Fsp3) is 0.391. The summed E-state index contributed by atoms with van der Waals surface area (Å²) >= 11 is 0. The third-order valence-corrected chi connectivity index (χ3v) is 6.84. The third kappa shape index (κ3) is 2.65. The van der Waals surface area contributed by atoms with Crippen LogP contribution in [0.2, 0.25) is 0 Å². The molecule has 2 fully saturated rings. The van der Waals surface area contributed by atoms with Gasteiger partial charge in [-0.25, -0.2) is 0 Å². The molecule has 7 nitrogen and oxygen atoms in total. The van der Waals surface area contributed by atoms with Crippen molar-refractivity contribution in [3.8, 4) is 5.75 Å². The minimum absolute atomic E-state index is 0.156. The number of ether oxygens (including phenoxy) is 1. The lowest BCUT2D eigenvalue weighted by Gasteiger charge is -2.57. The summed E-state index contributed by atoms with van der Waals surface area (Å²) in [5, 5.41) is 2.98. The van der Waals surface area contributed by atoms with Gasteiger partial charge >= 0.3 is 0 Å². The van der Waals surface area contributed by atoms with Crippen LogP contribution in [0.15, 0.2) is 40.8 Å². The monoisotopic (exact) mass is 404 g/mol. The third-order valence-electron chi connectivity index (χ3n) is 6.84. The molecule has 1 saturated heterocycles. The molecule has 1 spiro atoms. The van der Waals surface area contributed by atoms with E-state index >= 15 is 0 Å². The molecule has 1 aromatic heterocycles. The number of amides is 1. The highest BCUT2D eigenvalue weighted by atomic mass is 16.5. The maximum atomic E-state index is 12.8. The summed E-state index contributed by atoms with van der Waals surface area (Å²) in [5.74, 6) is 0.656. The second-order valence-corrected chi connectivity index (χ2v) is 8.57. The van der Waals surface area contributed by atoms with Gasteiger partial charge in [-0.1, -0.05) is 0 Å². The Hall–Kier alpha value is -3.22. The molecular weight excluding hydrogens is 380 g/mol. The van der Waals surface area contributed by atoms with E-state index in [9.17, 15) is 4.79 Å². The molecule has 0 bridgehead atoms. The second kappa shape index (κ2) is 6.39. The lowest BCUT2D eigenvalue weighted by molar-refractivity contribution is 0.102. The molecule has 1 amide bonds.